The van der Waals surface area contributed by atoms with Gasteiger partial charge in [0.05, 0.1) is 141 Å². The van der Waals surface area contributed by atoms with Gasteiger partial charge in [-0.3, -0.25) is 33.9 Å². The number of hydrogen-bond acceptors (Lipinski definition) is 22. The van der Waals surface area contributed by atoms with Gasteiger partial charge in [-0.15, -0.1) is 12.4 Å². The number of halogens is 5. The summed E-state index contributed by atoms with van der Waals surface area (Å²) in [6, 6.07) is 6.92. The molecule has 4 aromatic rings. The van der Waals surface area contributed by atoms with Crippen LogP contribution in [-0.2, 0) is 42.9 Å². The minimum atomic E-state index is -1.21. The summed E-state index contributed by atoms with van der Waals surface area (Å²) in [5, 5.41) is 58.9. The van der Waals surface area contributed by atoms with E-state index in [2.05, 4.69) is 89.0 Å². The summed E-state index contributed by atoms with van der Waals surface area (Å²) < 4.78 is 27.7. The number of phenolic OH excluding ortho intramolecular Hbond substituents is 2. The number of aromatic hydroxyl groups is 2. The summed E-state index contributed by atoms with van der Waals surface area (Å²) in [5.41, 5.74) is 7.02. The zero-order valence-corrected chi connectivity index (χ0v) is 47.7. The van der Waals surface area contributed by atoms with Gasteiger partial charge in [0, 0.05) is 33.6 Å². The van der Waals surface area contributed by atoms with Gasteiger partial charge in [-0.2, -0.15) is 0 Å². The lowest BCUT2D eigenvalue weighted by molar-refractivity contribution is -0.145. The van der Waals surface area contributed by atoms with Crippen LogP contribution in [0.3, 0.4) is 0 Å². The number of carboxylic acids is 2. The average Bonchev–Trinajstić information content (AvgIpc) is 4.09. The van der Waals surface area contributed by atoms with Crippen molar-refractivity contribution in [3.05, 3.63) is 102 Å². The minimum Gasteiger partial charge on any atom is -0.506 e. The molecule has 0 bridgehead atoms. The van der Waals surface area contributed by atoms with Crippen LogP contribution in [0.4, 0.5) is 11.4 Å². The highest BCUT2D eigenvalue weighted by molar-refractivity contribution is 9.11. The van der Waals surface area contributed by atoms with Crippen molar-refractivity contribution in [1.82, 2.24) is 36.6 Å². The highest BCUT2D eigenvalue weighted by Gasteiger charge is 2.40. The van der Waals surface area contributed by atoms with Crippen molar-refractivity contribution < 1.29 is 72.9 Å². The molecule has 32 heteroatoms. The normalized spacial score (nSPS) is 16.1. The van der Waals surface area contributed by atoms with Crippen LogP contribution >= 0.6 is 67.5 Å². The van der Waals surface area contributed by atoms with E-state index in [0.29, 0.717) is 91.0 Å². The number of anilines is 2. The molecule has 2 fully saturated rings. The number of benzene rings is 2. The second-order valence-electron chi connectivity index (χ2n) is 17.1. The van der Waals surface area contributed by atoms with Gasteiger partial charge in [0.1, 0.15) is 11.5 Å². The molecule has 0 unspecified atom stereocenters. The standard InChI is InChI=1S/C23H24BrClN6O7.C13H16BrClN2O4.C12H14N4O4.ClH/c24-16-5-13(25)4-15(20(16)35)17(6-19(33)34)31-18(32)9-27-21(36)12-3-14(8-26-7-12)30-22-28-10-23(11-29-22)37-1-2-38-23;1-2-21-12(19)5-10(17-11(18)6-16)8-3-7(15)4-9(14)13(8)20;17-10(18)8-3-9(5-13-4-8)16-11-14-6-12(7-15-11)19-1-2-20-12;/h3-5,7-8,17,35H,1-2,6,9-11H2,(H,27,36)(H,31,32)(H,33,34)(H2,28,29,30);3-4,10,20H,2,5-6,16H2,1H3,(H,17,18);3-5H,1-2,6-7H2,(H,17,18)(H2,14,15,16);1H/t17-;10-;;/m00../s1. The predicted octanol–water partition coefficient (Wildman–Crippen LogP) is 3.57. The first-order valence-electron chi connectivity index (χ1n) is 23.8. The van der Waals surface area contributed by atoms with Crippen LogP contribution in [0, 0.1) is 0 Å². The minimum absolute atomic E-state index is 0. The van der Waals surface area contributed by atoms with Crippen LogP contribution < -0.4 is 43.0 Å². The molecule has 0 aliphatic carbocycles. The number of rotatable bonds is 16. The summed E-state index contributed by atoms with van der Waals surface area (Å²) in [5.74, 6) is -5.21. The number of aliphatic imine (C=N–C) groups is 2. The quantitative estimate of drug-likeness (QED) is 0.0713. The molecule has 2 spiro atoms. The fourth-order valence-corrected chi connectivity index (χ4v) is 9.31. The summed E-state index contributed by atoms with van der Waals surface area (Å²) in [6.07, 6.45) is 5.00. The Morgan fingerprint density at radius 1 is 0.713 bits per heavy atom. The summed E-state index contributed by atoms with van der Waals surface area (Å²) in [4.78, 5) is 87.2. The topological polar surface area (TPSA) is 390 Å². The lowest BCUT2D eigenvalue weighted by Gasteiger charge is -2.30. The SMILES string of the molecule is CCOC(=O)C[C@H](NC(=O)CN)c1cc(Cl)cc(Br)c1O.Cl.O=C(O)C[C@H](NC(=O)CNC(=O)c1cncc(NC2=NCC3(CN2)OCCO3)c1)c1cc(Cl)cc(Br)c1O.O=C(O)c1cncc(NC2=NCC3(CN2)OCCO3)c1. The number of esters is 1. The number of nitrogens with zero attached hydrogens (tertiary/aromatic N) is 4. The molecule has 27 nitrogen and oxygen atoms in total. The van der Waals surface area contributed by atoms with Gasteiger partial charge in [-0.1, -0.05) is 23.2 Å². The molecule has 0 radical (unpaired) electrons. The highest BCUT2D eigenvalue weighted by atomic mass is 79.9. The molecule has 8 rings (SSSR count). The molecule has 2 aromatic carbocycles. The molecule has 80 heavy (non-hydrogen) atoms. The van der Waals surface area contributed by atoms with Crippen molar-refractivity contribution in [3.63, 3.8) is 0 Å². The molecular formula is C48H55Br2Cl3N12O15. The number of carboxylic acid groups (broad SMARTS) is 2. The number of amides is 3. The molecule has 3 amide bonds. The molecule has 2 aromatic heterocycles. The Morgan fingerprint density at radius 2 is 1.18 bits per heavy atom. The first-order chi connectivity index (χ1) is 37.7. The maximum atomic E-state index is 12.6. The first-order valence-corrected chi connectivity index (χ1v) is 26.1. The van der Waals surface area contributed by atoms with Crippen LogP contribution in [0.5, 0.6) is 11.5 Å². The molecule has 4 aliphatic heterocycles. The number of carbonyl (C=O) groups is 6. The maximum absolute atomic E-state index is 12.6. The van der Waals surface area contributed by atoms with E-state index < -0.39 is 72.3 Å². The lowest BCUT2D eigenvalue weighted by atomic mass is 10.0. The van der Waals surface area contributed by atoms with E-state index in [1.54, 1.807) is 6.92 Å². The van der Waals surface area contributed by atoms with E-state index in [0.717, 1.165) is 0 Å². The second-order valence-corrected chi connectivity index (χ2v) is 19.7. The third-order valence-corrected chi connectivity index (χ3v) is 13.0. The Balaban J connectivity index is 0.000000238. The number of ether oxygens (including phenoxy) is 5. The zero-order chi connectivity index (χ0) is 57.3. The predicted molar refractivity (Wildman–Crippen MR) is 298 cm³/mol. The number of aromatic carboxylic acids is 1. The molecule has 13 N–H and O–H groups in total. The second kappa shape index (κ2) is 30.2. The maximum Gasteiger partial charge on any atom is 0.337 e. The Labute approximate surface area is 489 Å². The third-order valence-electron chi connectivity index (χ3n) is 11.3. The number of nitrogens with one attached hydrogen (secondary N) is 7. The van der Waals surface area contributed by atoms with Gasteiger partial charge < -0.3 is 87.1 Å². The Kier molecular flexibility index (Phi) is 24.2. The summed E-state index contributed by atoms with van der Waals surface area (Å²) >= 11 is 18.3. The zero-order valence-electron chi connectivity index (χ0n) is 42.2. The molecule has 2 atom stereocenters. The van der Waals surface area contributed by atoms with Crippen LogP contribution in [0.2, 0.25) is 10.0 Å². The number of hydrogen-bond donors (Lipinski definition) is 12. The number of aliphatic carboxylic acids is 1. The van der Waals surface area contributed by atoms with E-state index in [1.165, 1.54) is 61.2 Å². The van der Waals surface area contributed by atoms with Gasteiger partial charge in [0.2, 0.25) is 23.4 Å². The van der Waals surface area contributed by atoms with Crippen molar-refractivity contribution in [3.8, 4) is 11.5 Å². The molecule has 6 heterocycles. The number of phenols is 2. The number of aromatic nitrogens is 2. The first kappa shape index (κ1) is 64.2. The van der Waals surface area contributed by atoms with E-state index >= 15 is 0 Å². The monoisotopic (exact) mass is 1300 g/mol. The van der Waals surface area contributed by atoms with Gasteiger partial charge in [-0.05, 0) is 75.2 Å². The van der Waals surface area contributed by atoms with Gasteiger partial charge in [0.15, 0.2) is 11.9 Å². The highest BCUT2D eigenvalue weighted by Crippen LogP contribution is 2.38. The van der Waals surface area contributed by atoms with Crippen molar-refractivity contribution in [1.29, 1.82) is 0 Å². The fourth-order valence-electron chi connectivity index (χ4n) is 7.64. The largest absolute Gasteiger partial charge is 0.506 e. The molecule has 4 aliphatic rings. The molecule has 0 saturated carbocycles. The van der Waals surface area contributed by atoms with Crippen molar-refractivity contribution in [2.45, 2.75) is 43.4 Å². The van der Waals surface area contributed by atoms with Gasteiger partial charge in [-0.25, -0.2) is 14.8 Å². The van der Waals surface area contributed by atoms with E-state index in [-0.39, 0.29) is 69.7 Å². The molecular weight excluding hydrogens is 1250 g/mol. The van der Waals surface area contributed by atoms with E-state index in [4.69, 9.17) is 57.7 Å². The summed E-state index contributed by atoms with van der Waals surface area (Å²) in [6.45, 7) is 5.01. The van der Waals surface area contributed by atoms with Crippen LogP contribution in [0.15, 0.2) is 80.1 Å². The summed E-state index contributed by atoms with van der Waals surface area (Å²) in [7, 11) is 0. The smallest absolute Gasteiger partial charge is 0.337 e. The molecule has 432 valence electrons. The Bertz CT molecular complexity index is 2950. The lowest BCUT2D eigenvalue weighted by Crippen LogP contribution is -2.52. The van der Waals surface area contributed by atoms with Gasteiger partial charge >= 0.3 is 17.9 Å². The Morgan fingerprint density at radius 3 is 1.61 bits per heavy atom. The van der Waals surface area contributed by atoms with Crippen molar-refractivity contribution >= 4 is 126 Å². The number of pyridine rings is 2. The van der Waals surface area contributed by atoms with E-state index in [1.807, 2.05) is 0 Å². The van der Waals surface area contributed by atoms with Crippen LogP contribution in [0.1, 0.15) is 63.7 Å². The van der Waals surface area contributed by atoms with Crippen molar-refractivity contribution in [2.24, 2.45) is 15.7 Å². The van der Waals surface area contributed by atoms with E-state index in [9.17, 15) is 44.1 Å². The third kappa shape index (κ3) is 18.7. The number of nitrogens with two attached hydrogens (primary N) is 1. The van der Waals surface area contributed by atoms with Crippen LogP contribution in [-0.4, -0.2) is 162 Å². The average molecular weight is 1310 g/mol. The fraction of sp³-hybridized carbons (Fsp3) is 0.375. The number of guanidine groups is 2. The number of carbonyl (C=O) groups excluding carboxylic acids is 4. The van der Waals surface area contributed by atoms with Crippen LogP contribution in [0.25, 0.3) is 0 Å². The van der Waals surface area contributed by atoms with Crippen molar-refractivity contribution in [2.75, 3.05) is 82.9 Å². The Hall–Kier alpha value is -6.67. The van der Waals surface area contributed by atoms with Gasteiger partial charge in [0.25, 0.3) is 5.91 Å². The molecule has 2 saturated heterocycles.